The highest BCUT2D eigenvalue weighted by molar-refractivity contribution is 5.75. The van der Waals surface area contributed by atoms with Crippen molar-refractivity contribution in [2.75, 3.05) is 6.54 Å². The Balaban J connectivity index is 1.24. The van der Waals surface area contributed by atoms with Crippen LogP contribution in [0.3, 0.4) is 0 Å². The highest BCUT2D eigenvalue weighted by atomic mass is 16.3. The van der Waals surface area contributed by atoms with Crippen LogP contribution in [0.4, 0.5) is 4.79 Å². The molecule has 2 aliphatic heterocycles. The van der Waals surface area contributed by atoms with E-state index in [0.717, 1.165) is 32.2 Å². The van der Waals surface area contributed by atoms with Crippen molar-refractivity contribution in [3.63, 3.8) is 0 Å². The van der Waals surface area contributed by atoms with Gasteiger partial charge in [-0.05, 0) is 55.9 Å². The lowest BCUT2D eigenvalue weighted by Crippen LogP contribution is -2.53. The Morgan fingerprint density at radius 2 is 1.74 bits per heavy atom. The van der Waals surface area contributed by atoms with E-state index in [9.17, 15) is 9.90 Å². The third-order valence-corrected chi connectivity index (χ3v) is 5.99. The lowest BCUT2D eigenvalue weighted by molar-refractivity contribution is 0.0535. The van der Waals surface area contributed by atoms with Crippen molar-refractivity contribution in [2.24, 2.45) is 5.92 Å². The number of aliphatic hydroxyl groups is 1. The number of nitrogens with zero attached hydrogens (tertiary/aromatic N) is 1. The highest BCUT2D eigenvalue weighted by Gasteiger charge is 2.43. The average Bonchev–Trinajstić information content (AvgIpc) is 2.78. The van der Waals surface area contributed by atoms with Crippen molar-refractivity contribution in [3.05, 3.63) is 35.9 Å². The normalized spacial score (nSPS) is 35.7. The first-order valence-electron chi connectivity index (χ1n) is 9.00. The predicted molar refractivity (Wildman–Crippen MR) is 89.2 cm³/mol. The zero-order valence-electron chi connectivity index (χ0n) is 13.5. The number of carbonyl (C=O) groups excluding carboxylic acids is 1. The molecule has 2 heterocycles. The zero-order valence-corrected chi connectivity index (χ0v) is 13.5. The Bertz CT molecular complexity index is 542. The number of hydrogen-bond donors (Lipinski definition) is 2. The van der Waals surface area contributed by atoms with Crippen molar-refractivity contribution in [1.82, 2.24) is 10.2 Å². The fourth-order valence-electron chi connectivity index (χ4n) is 4.70. The molecule has 2 unspecified atom stereocenters. The Hall–Kier alpha value is -1.55. The van der Waals surface area contributed by atoms with Crippen LogP contribution in [0, 0.1) is 5.92 Å². The van der Waals surface area contributed by atoms with Gasteiger partial charge in [-0.2, -0.15) is 0 Å². The summed E-state index contributed by atoms with van der Waals surface area (Å²) in [5.41, 5.74) is 1.43. The molecule has 2 saturated heterocycles. The zero-order chi connectivity index (χ0) is 15.8. The molecule has 4 heteroatoms. The number of nitrogens with one attached hydrogen (secondary N) is 1. The molecule has 0 radical (unpaired) electrons. The Morgan fingerprint density at radius 1 is 1.09 bits per heavy atom. The van der Waals surface area contributed by atoms with E-state index in [1.54, 1.807) is 0 Å². The first kappa shape index (κ1) is 15.0. The SMILES string of the molecule is O=C(NCC1CC(c2ccccc2)C1)N1C2CCC1CC(O)C2. The van der Waals surface area contributed by atoms with Crippen molar-refractivity contribution in [2.45, 2.75) is 62.6 Å². The van der Waals surface area contributed by atoms with E-state index in [1.165, 1.54) is 18.4 Å². The van der Waals surface area contributed by atoms with Gasteiger partial charge in [0.05, 0.1) is 6.10 Å². The van der Waals surface area contributed by atoms with Crippen LogP contribution in [0.25, 0.3) is 0 Å². The van der Waals surface area contributed by atoms with Crippen LogP contribution in [0.15, 0.2) is 30.3 Å². The summed E-state index contributed by atoms with van der Waals surface area (Å²) < 4.78 is 0. The van der Waals surface area contributed by atoms with E-state index in [2.05, 4.69) is 35.6 Å². The maximum absolute atomic E-state index is 12.5. The summed E-state index contributed by atoms with van der Waals surface area (Å²) in [6.45, 7) is 0.792. The molecule has 4 rings (SSSR count). The molecule has 1 aromatic carbocycles. The first-order valence-corrected chi connectivity index (χ1v) is 9.00. The van der Waals surface area contributed by atoms with Gasteiger partial charge in [-0.15, -0.1) is 0 Å². The highest BCUT2D eigenvalue weighted by Crippen LogP contribution is 2.41. The fraction of sp³-hybridized carbons (Fsp3) is 0.632. The minimum Gasteiger partial charge on any atom is -0.393 e. The predicted octanol–water partition coefficient (Wildman–Crippen LogP) is 2.88. The number of rotatable bonds is 3. The average molecular weight is 314 g/mol. The number of urea groups is 1. The summed E-state index contributed by atoms with van der Waals surface area (Å²) in [5, 5.41) is 13.0. The molecule has 2 N–H and O–H groups in total. The van der Waals surface area contributed by atoms with E-state index < -0.39 is 0 Å². The number of piperidine rings is 1. The van der Waals surface area contributed by atoms with E-state index >= 15 is 0 Å². The van der Waals surface area contributed by atoms with E-state index in [0.29, 0.717) is 11.8 Å². The number of carbonyl (C=O) groups is 1. The van der Waals surface area contributed by atoms with Gasteiger partial charge in [0.2, 0.25) is 0 Å². The Kier molecular flexibility index (Phi) is 4.02. The third-order valence-electron chi connectivity index (χ3n) is 5.99. The molecule has 1 saturated carbocycles. The van der Waals surface area contributed by atoms with E-state index in [1.807, 2.05) is 4.90 Å². The van der Waals surface area contributed by atoms with Gasteiger partial charge in [0, 0.05) is 18.6 Å². The molecule has 2 bridgehead atoms. The van der Waals surface area contributed by atoms with Crippen LogP contribution in [-0.4, -0.2) is 40.8 Å². The molecular formula is C19H26N2O2. The molecule has 3 fully saturated rings. The van der Waals surface area contributed by atoms with Crippen molar-refractivity contribution < 1.29 is 9.90 Å². The second-order valence-corrected chi connectivity index (χ2v) is 7.55. The second-order valence-electron chi connectivity index (χ2n) is 7.55. The van der Waals surface area contributed by atoms with Gasteiger partial charge in [-0.1, -0.05) is 30.3 Å². The smallest absolute Gasteiger partial charge is 0.317 e. The molecule has 2 amide bonds. The van der Waals surface area contributed by atoms with Crippen LogP contribution < -0.4 is 5.32 Å². The van der Waals surface area contributed by atoms with Crippen LogP contribution in [0.5, 0.6) is 0 Å². The minimum absolute atomic E-state index is 0.0903. The third kappa shape index (κ3) is 2.97. The summed E-state index contributed by atoms with van der Waals surface area (Å²) in [5.74, 6) is 1.27. The van der Waals surface area contributed by atoms with Gasteiger partial charge in [0.25, 0.3) is 0 Å². The summed E-state index contributed by atoms with van der Waals surface area (Å²) in [7, 11) is 0. The molecule has 0 spiro atoms. The van der Waals surface area contributed by atoms with Crippen molar-refractivity contribution in [1.29, 1.82) is 0 Å². The monoisotopic (exact) mass is 314 g/mol. The molecule has 3 aliphatic rings. The summed E-state index contributed by atoms with van der Waals surface area (Å²) in [4.78, 5) is 14.5. The van der Waals surface area contributed by atoms with Gasteiger partial charge in [0.1, 0.15) is 0 Å². The number of aliphatic hydroxyl groups excluding tert-OH is 1. The summed E-state index contributed by atoms with van der Waals surface area (Å²) >= 11 is 0. The molecule has 2 atom stereocenters. The minimum atomic E-state index is -0.213. The van der Waals surface area contributed by atoms with Crippen LogP contribution in [-0.2, 0) is 0 Å². The van der Waals surface area contributed by atoms with E-state index in [-0.39, 0.29) is 24.2 Å². The van der Waals surface area contributed by atoms with Gasteiger partial charge in [-0.3, -0.25) is 0 Å². The summed E-state index contributed by atoms with van der Waals surface area (Å²) in [6, 6.07) is 11.3. The van der Waals surface area contributed by atoms with Gasteiger partial charge >= 0.3 is 6.03 Å². The maximum atomic E-state index is 12.5. The maximum Gasteiger partial charge on any atom is 0.317 e. The molecule has 1 aliphatic carbocycles. The Labute approximate surface area is 137 Å². The number of benzene rings is 1. The molecule has 4 nitrogen and oxygen atoms in total. The molecule has 0 aromatic heterocycles. The second kappa shape index (κ2) is 6.16. The lowest BCUT2D eigenvalue weighted by atomic mass is 9.71. The lowest BCUT2D eigenvalue weighted by Gasteiger charge is -2.39. The molecule has 124 valence electrons. The fourth-order valence-corrected chi connectivity index (χ4v) is 4.70. The quantitative estimate of drug-likeness (QED) is 0.901. The van der Waals surface area contributed by atoms with Gasteiger partial charge in [-0.25, -0.2) is 4.79 Å². The number of fused-ring (bicyclic) bond motifs is 2. The van der Waals surface area contributed by atoms with Crippen molar-refractivity contribution >= 4 is 6.03 Å². The van der Waals surface area contributed by atoms with Crippen molar-refractivity contribution in [3.8, 4) is 0 Å². The molecule has 23 heavy (non-hydrogen) atoms. The van der Waals surface area contributed by atoms with Crippen LogP contribution in [0.1, 0.15) is 50.0 Å². The van der Waals surface area contributed by atoms with Gasteiger partial charge in [0.15, 0.2) is 0 Å². The largest absolute Gasteiger partial charge is 0.393 e. The van der Waals surface area contributed by atoms with E-state index in [4.69, 9.17) is 0 Å². The van der Waals surface area contributed by atoms with Gasteiger partial charge < -0.3 is 15.3 Å². The molecule has 1 aromatic rings. The Morgan fingerprint density at radius 3 is 2.39 bits per heavy atom. The number of amides is 2. The standard InChI is InChI=1S/C19H26N2O2/c22-18-10-16-6-7-17(11-18)21(16)19(23)20-12-13-8-15(9-13)14-4-2-1-3-5-14/h1-5,13,15-18,22H,6-12H2,(H,20,23). The van der Waals surface area contributed by atoms with Crippen LogP contribution in [0.2, 0.25) is 0 Å². The molecular weight excluding hydrogens is 288 g/mol. The first-order chi connectivity index (χ1) is 11.2. The number of hydrogen-bond acceptors (Lipinski definition) is 2. The van der Waals surface area contributed by atoms with Crippen LogP contribution >= 0.6 is 0 Å². The topological polar surface area (TPSA) is 52.6 Å². The summed E-state index contributed by atoms with van der Waals surface area (Å²) in [6.07, 6.45) is 5.75.